The van der Waals surface area contributed by atoms with Crippen molar-refractivity contribution in [3.8, 4) is 11.5 Å². The van der Waals surface area contributed by atoms with Crippen LogP contribution in [0.2, 0.25) is 0 Å². The van der Waals surface area contributed by atoms with Gasteiger partial charge in [-0.3, -0.25) is 19.5 Å². The van der Waals surface area contributed by atoms with Crippen molar-refractivity contribution >= 4 is 34.7 Å². The highest BCUT2D eigenvalue weighted by molar-refractivity contribution is 5.95. The minimum Gasteiger partial charge on any atom is -0.480 e. The largest absolute Gasteiger partial charge is 0.480 e. The molecule has 14 heteroatoms. The number of nitrogens with one attached hydrogen (secondary N) is 2. The number of ether oxygens (including phenoxy) is 3. The second-order valence-corrected chi connectivity index (χ2v) is 9.51. The molecule has 40 heavy (non-hydrogen) atoms. The number of rotatable bonds is 8. The zero-order valence-corrected chi connectivity index (χ0v) is 21.6. The fourth-order valence-corrected chi connectivity index (χ4v) is 4.82. The van der Waals surface area contributed by atoms with Crippen LogP contribution >= 0.6 is 0 Å². The molecule has 2 aliphatic rings. The van der Waals surface area contributed by atoms with Gasteiger partial charge in [-0.1, -0.05) is 0 Å². The van der Waals surface area contributed by atoms with E-state index in [9.17, 15) is 23.2 Å². The molecule has 12 nitrogen and oxygen atoms in total. The van der Waals surface area contributed by atoms with Crippen molar-refractivity contribution in [3.63, 3.8) is 0 Å². The fraction of sp³-hybridized carbons (Fsp3) is 0.423. The average molecular weight is 559 g/mol. The summed E-state index contributed by atoms with van der Waals surface area (Å²) >= 11 is 0. The summed E-state index contributed by atoms with van der Waals surface area (Å²) in [5.74, 6) is 0.526. The van der Waals surface area contributed by atoms with Crippen molar-refractivity contribution in [2.75, 3.05) is 30.4 Å². The van der Waals surface area contributed by atoms with Gasteiger partial charge in [-0.15, -0.1) is 0 Å². The number of nitrogens with zero attached hydrogens (tertiary/aromatic N) is 4. The van der Waals surface area contributed by atoms with Crippen LogP contribution in [0, 0.1) is 0 Å². The molecule has 1 saturated carbocycles. The molecule has 0 saturated heterocycles. The van der Waals surface area contributed by atoms with Crippen LogP contribution in [-0.4, -0.2) is 65.5 Å². The van der Waals surface area contributed by atoms with Crippen LogP contribution in [0.5, 0.6) is 11.5 Å². The van der Waals surface area contributed by atoms with Gasteiger partial charge in [-0.25, -0.2) is 9.78 Å². The lowest BCUT2D eigenvalue weighted by atomic mass is 9.93. The average Bonchev–Trinajstić information content (AvgIpc) is 2.93. The number of pyridine rings is 3. The number of carbonyl (C=O) groups is 2. The Morgan fingerprint density at radius 2 is 2.12 bits per heavy atom. The van der Waals surface area contributed by atoms with Gasteiger partial charge in [0.25, 0.3) is 11.5 Å². The highest BCUT2D eigenvalue weighted by Crippen LogP contribution is 2.29. The molecule has 3 aromatic rings. The van der Waals surface area contributed by atoms with Gasteiger partial charge >= 0.3 is 12.7 Å². The molecule has 0 aromatic carbocycles. The standard InChI is InChI=1S/C26H28F2N6O6/c1-33(21-7-6-20-24(31-21)32-22(35)14-38-20)26(37)40-16-4-2-3-15(11-16)29-9-10-34-19-12-17(39-25(27)28)13-30-18(19)5-8-23(34)36/h5-8,12-13,15-16,25,29H,2-4,9-11,14H2,1H3,(H,31,32,35)/t15-,16+/m0/s1. The summed E-state index contributed by atoms with van der Waals surface area (Å²) in [6.45, 7) is -2.37. The van der Waals surface area contributed by atoms with E-state index in [1.807, 2.05) is 0 Å². The number of carbonyl (C=O) groups excluding carboxylic acids is 2. The maximum atomic E-state index is 12.8. The summed E-state index contributed by atoms with van der Waals surface area (Å²) in [7, 11) is 1.54. The lowest BCUT2D eigenvalue weighted by Gasteiger charge is -2.31. The molecule has 1 aliphatic heterocycles. The first kappa shape index (κ1) is 27.2. The molecule has 3 aromatic heterocycles. The molecule has 0 radical (unpaired) electrons. The zero-order chi connectivity index (χ0) is 28.2. The van der Waals surface area contributed by atoms with Crippen LogP contribution in [0.25, 0.3) is 11.0 Å². The number of halogens is 2. The first-order valence-electron chi connectivity index (χ1n) is 12.8. The van der Waals surface area contributed by atoms with Gasteiger partial charge in [0, 0.05) is 38.3 Å². The topological polar surface area (TPSA) is 137 Å². The van der Waals surface area contributed by atoms with Gasteiger partial charge in [-0.2, -0.15) is 8.78 Å². The number of hydrogen-bond donors (Lipinski definition) is 2. The lowest BCUT2D eigenvalue weighted by molar-refractivity contribution is -0.118. The predicted molar refractivity (Wildman–Crippen MR) is 140 cm³/mol. The quantitative estimate of drug-likeness (QED) is 0.428. The van der Waals surface area contributed by atoms with Crippen molar-refractivity contribution in [1.29, 1.82) is 0 Å². The van der Waals surface area contributed by atoms with Crippen LogP contribution in [0.15, 0.2) is 41.3 Å². The Bertz CT molecular complexity index is 1470. The molecule has 1 fully saturated rings. The van der Waals surface area contributed by atoms with Crippen molar-refractivity contribution < 1.29 is 32.6 Å². The summed E-state index contributed by atoms with van der Waals surface area (Å²) in [6.07, 6.45) is 3.30. The summed E-state index contributed by atoms with van der Waals surface area (Å²) in [4.78, 5) is 46.6. The van der Waals surface area contributed by atoms with Gasteiger partial charge in [-0.05, 0) is 43.9 Å². The number of amides is 2. The Morgan fingerprint density at radius 3 is 2.95 bits per heavy atom. The number of aromatic nitrogens is 3. The van der Waals surface area contributed by atoms with Crippen LogP contribution in [0.1, 0.15) is 25.7 Å². The van der Waals surface area contributed by atoms with E-state index in [0.717, 1.165) is 12.8 Å². The van der Waals surface area contributed by atoms with Crippen molar-refractivity contribution in [2.45, 2.75) is 51.0 Å². The zero-order valence-electron chi connectivity index (χ0n) is 21.6. The van der Waals surface area contributed by atoms with E-state index in [2.05, 4.69) is 25.3 Å². The molecule has 0 bridgehead atoms. The third-order valence-corrected chi connectivity index (χ3v) is 6.78. The number of fused-ring (bicyclic) bond motifs is 2. The molecular weight excluding hydrogens is 530 g/mol. The van der Waals surface area contributed by atoms with Gasteiger partial charge in [0.2, 0.25) is 0 Å². The SMILES string of the molecule is CN(C(=O)O[C@@H]1CCC[C@H](NCCn2c(=O)ccc3ncc(OC(F)F)cc32)C1)c1ccc2c(n1)NC(=O)CO2. The van der Waals surface area contributed by atoms with E-state index in [1.54, 1.807) is 12.1 Å². The molecule has 2 amide bonds. The third-order valence-electron chi connectivity index (χ3n) is 6.78. The van der Waals surface area contributed by atoms with Crippen molar-refractivity contribution in [3.05, 3.63) is 46.9 Å². The number of hydrogen-bond acceptors (Lipinski definition) is 9. The monoisotopic (exact) mass is 558 g/mol. The second-order valence-electron chi connectivity index (χ2n) is 9.51. The van der Waals surface area contributed by atoms with E-state index in [-0.39, 0.29) is 48.3 Å². The van der Waals surface area contributed by atoms with Crippen LogP contribution < -0.4 is 30.6 Å². The van der Waals surface area contributed by atoms with Gasteiger partial charge < -0.3 is 29.4 Å². The first-order chi connectivity index (χ1) is 19.3. The van der Waals surface area contributed by atoms with Crippen molar-refractivity contribution in [1.82, 2.24) is 19.9 Å². The lowest BCUT2D eigenvalue weighted by Crippen LogP contribution is -2.41. The van der Waals surface area contributed by atoms with E-state index < -0.39 is 12.7 Å². The Balaban J connectivity index is 1.16. The minimum atomic E-state index is -3.00. The Labute approximate surface area is 227 Å². The highest BCUT2D eigenvalue weighted by Gasteiger charge is 2.27. The first-order valence-corrected chi connectivity index (χ1v) is 12.8. The molecule has 2 N–H and O–H groups in total. The highest BCUT2D eigenvalue weighted by atomic mass is 19.3. The maximum absolute atomic E-state index is 12.8. The molecule has 2 atom stereocenters. The molecule has 1 aliphatic carbocycles. The number of anilines is 2. The van der Waals surface area contributed by atoms with Gasteiger partial charge in [0.1, 0.15) is 17.7 Å². The van der Waals surface area contributed by atoms with Crippen LogP contribution in [0.3, 0.4) is 0 Å². The Hall–Kier alpha value is -4.33. The van der Waals surface area contributed by atoms with Crippen LogP contribution in [-0.2, 0) is 16.1 Å². The van der Waals surface area contributed by atoms with Crippen LogP contribution in [0.4, 0.5) is 25.2 Å². The van der Waals surface area contributed by atoms with E-state index in [4.69, 9.17) is 9.47 Å². The van der Waals surface area contributed by atoms with Gasteiger partial charge in [0.15, 0.2) is 18.2 Å². The van der Waals surface area contributed by atoms with Crippen molar-refractivity contribution in [2.24, 2.45) is 0 Å². The molecule has 4 heterocycles. The fourth-order valence-electron chi connectivity index (χ4n) is 4.82. The summed E-state index contributed by atoms with van der Waals surface area (Å²) < 4.78 is 42.2. The summed E-state index contributed by atoms with van der Waals surface area (Å²) in [5, 5.41) is 6.02. The van der Waals surface area contributed by atoms with E-state index in [0.29, 0.717) is 42.0 Å². The summed E-state index contributed by atoms with van der Waals surface area (Å²) in [5.41, 5.74) is 0.594. The maximum Gasteiger partial charge on any atom is 0.415 e. The van der Waals surface area contributed by atoms with Gasteiger partial charge in [0.05, 0.1) is 17.2 Å². The molecular formula is C26H28F2N6O6. The van der Waals surface area contributed by atoms with E-state index >= 15 is 0 Å². The Morgan fingerprint density at radius 1 is 1.27 bits per heavy atom. The third kappa shape index (κ3) is 6.28. The Kier molecular flexibility index (Phi) is 8.05. The number of alkyl halides is 2. The minimum absolute atomic E-state index is 0.0487. The smallest absolute Gasteiger partial charge is 0.415 e. The second kappa shape index (κ2) is 11.8. The molecule has 0 spiro atoms. The predicted octanol–water partition coefficient (Wildman–Crippen LogP) is 2.90. The molecule has 5 rings (SSSR count). The molecule has 212 valence electrons. The normalized spacial score (nSPS) is 18.6. The van der Waals surface area contributed by atoms with E-state index in [1.165, 1.54) is 40.9 Å². The summed E-state index contributed by atoms with van der Waals surface area (Å²) in [6, 6.07) is 7.58. The molecule has 0 unspecified atom stereocenters.